The van der Waals surface area contributed by atoms with Crippen LogP contribution < -0.4 is 9.50 Å². The molecule has 0 bridgehead atoms. The largest absolute Gasteiger partial charge is 0.534 e. The van der Waals surface area contributed by atoms with Crippen LogP contribution in [0.2, 0.25) is 0 Å². The van der Waals surface area contributed by atoms with E-state index in [1.54, 1.807) is 6.07 Å². The van der Waals surface area contributed by atoms with Crippen LogP contribution in [0.5, 0.6) is 5.75 Å². The van der Waals surface area contributed by atoms with Crippen LogP contribution >= 0.6 is 12.4 Å². The molecule has 0 aliphatic carbocycles. The van der Waals surface area contributed by atoms with Crippen molar-refractivity contribution in [3.63, 3.8) is 0 Å². The molecule has 19 heavy (non-hydrogen) atoms. The number of rotatable bonds is 2. The summed E-state index contributed by atoms with van der Waals surface area (Å²) in [5.74, 6) is -0.312. The van der Waals surface area contributed by atoms with Gasteiger partial charge in [0.05, 0.1) is 0 Å². The number of hydrogen-bond acceptors (Lipinski definition) is 4. The van der Waals surface area contributed by atoms with Gasteiger partial charge in [0, 0.05) is 6.54 Å². The van der Waals surface area contributed by atoms with E-state index >= 15 is 0 Å². The molecule has 1 aliphatic rings. The zero-order chi connectivity index (χ0) is 13.4. The van der Waals surface area contributed by atoms with Gasteiger partial charge in [0.25, 0.3) is 0 Å². The van der Waals surface area contributed by atoms with Gasteiger partial charge in [0.15, 0.2) is 0 Å². The highest BCUT2D eigenvalue weighted by molar-refractivity contribution is 7.87. The first kappa shape index (κ1) is 16.1. The number of halogens is 4. The molecule has 0 saturated heterocycles. The molecule has 9 heteroatoms. The highest BCUT2D eigenvalue weighted by Gasteiger charge is 2.48. The Balaban J connectivity index is 0.00000180. The van der Waals surface area contributed by atoms with Crippen LogP contribution in [0.1, 0.15) is 11.1 Å². The molecule has 1 aromatic rings. The maximum Gasteiger partial charge on any atom is 0.534 e. The molecule has 0 saturated carbocycles. The highest BCUT2D eigenvalue weighted by Crippen LogP contribution is 2.28. The van der Waals surface area contributed by atoms with Crippen LogP contribution in [0, 0.1) is 0 Å². The lowest BCUT2D eigenvalue weighted by molar-refractivity contribution is -0.0500. The molecule has 0 radical (unpaired) electrons. The summed E-state index contributed by atoms with van der Waals surface area (Å²) in [6, 6.07) is 4.11. The Bertz CT molecular complexity index is 560. The summed E-state index contributed by atoms with van der Waals surface area (Å²) in [5, 5.41) is 3.09. The van der Waals surface area contributed by atoms with Crippen molar-refractivity contribution in [3.05, 3.63) is 29.3 Å². The van der Waals surface area contributed by atoms with Gasteiger partial charge in [0.1, 0.15) is 5.75 Å². The predicted molar refractivity (Wildman–Crippen MR) is 64.7 cm³/mol. The van der Waals surface area contributed by atoms with Gasteiger partial charge in [-0.3, -0.25) is 0 Å². The molecule has 0 atom stereocenters. The van der Waals surface area contributed by atoms with E-state index in [9.17, 15) is 21.6 Å². The van der Waals surface area contributed by atoms with Gasteiger partial charge in [-0.15, -0.1) is 12.4 Å². The Morgan fingerprint density at radius 3 is 2.53 bits per heavy atom. The van der Waals surface area contributed by atoms with E-state index in [2.05, 4.69) is 9.50 Å². The van der Waals surface area contributed by atoms with E-state index in [0.717, 1.165) is 11.1 Å². The SMILES string of the molecule is Cl.O=S(=O)(Oc1ccc2c(c1)CCNC2)C(F)(F)F. The maximum absolute atomic E-state index is 12.1. The monoisotopic (exact) mass is 317 g/mol. The Morgan fingerprint density at radius 2 is 1.89 bits per heavy atom. The topological polar surface area (TPSA) is 55.4 Å². The Hall–Kier alpha value is -0.990. The van der Waals surface area contributed by atoms with Gasteiger partial charge in [-0.2, -0.15) is 21.6 Å². The molecular formula is C10H11ClF3NO3S. The molecule has 0 unspecified atom stereocenters. The summed E-state index contributed by atoms with van der Waals surface area (Å²) in [4.78, 5) is 0. The first-order valence-electron chi connectivity index (χ1n) is 5.13. The van der Waals surface area contributed by atoms with Crippen molar-refractivity contribution in [3.8, 4) is 5.75 Å². The lowest BCUT2D eigenvalue weighted by atomic mass is 10.0. The fourth-order valence-electron chi connectivity index (χ4n) is 1.68. The van der Waals surface area contributed by atoms with Gasteiger partial charge in [-0.1, -0.05) is 6.07 Å². The number of alkyl halides is 3. The van der Waals surface area contributed by atoms with E-state index in [0.29, 0.717) is 19.5 Å². The molecule has 1 N–H and O–H groups in total. The van der Waals surface area contributed by atoms with Crippen molar-refractivity contribution in [1.82, 2.24) is 5.32 Å². The molecule has 4 nitrogen and oxygen atoms in total. The Morgan fingerprint density at radius 1 is 1.21 bits per heavy atom. The normalized spacial score (nSPS) is 15.3. The molecular weight excluding hydrogens is 307 g/mol. The van der Waals surface area contributed by atoms with Crippen LogP contribution in [-0.4, -0.2) is 20.5 Å². The van der Waals surface area contributed by atoms with Gasteiger partial charge >= 0.3 is 15.6 Å². The fourth-order valence-corrected chi connectivity index (χ4v) is 2.13. The molecule has 0 amide bonds. The van der Waals surface area contributed by atoms with Gasteiger partial charge in [0.2, 0.25) is 0 Å². The third-order valence-electron chi connectivity index (χ3n) is 2.55. The molecule has 0 spiro atoms. The van der Waals surface area contributed by atoms with Crippen LogP contribution in [0.4, 0.5) is 13.2 Å². The Labute approximate surface area is 114 Å². The molecule has 2 rings (SSSR count). The molecule has 108 valence electrons. The van der Waals surface area contributed by atoms with Crippen molar-refractivity contribution in [1.29, 1.82) is 0 Å². The summed E-state index contributed by atoms with van der Waals surface area (Å²) in [5.41, 5.74) is -3.69. The van der Waals surface area contributed by atoms with Crippen molar-refractivity contribution >= 4 is 22.5 Å². The quantitative estimate of drug-likeness (QED) is 0.669. The standard InChI is InChI=1S/C10H10F3NO3S.ClH/c11-10(12,13)18(15,16)17-9-2-1-8-6-14-4-3-7(8)5-9;/h1-2,5,14H,3-4,6H2;1H. The van der Waals surface area contributed by atoms with E-state index in [4.69, 9.17) is 0 Å². The highest BCUT2D eigenvalue weighted by atomic mass is 35.5. The van der Waals surface area contributed by atoms with E-state index in [-0.39, 0.29) is 18.2 Å². The minimum Gasteiger partial charge on any atom is -0.376 e. The Kier molecular flexibility index (Phi) is 4.70. The van der Waals surface area contributed by atoms with Gasteiger partial charge < -0.3 is 9.50 Å². The van der Waals surface area contributed by atoms with Crippen LogP contribution in [0.15, 0.2) is 18.2 Å². The lowest BCUT2D eigenvalue weighted by Gasteiger charge is -2.18. The van der Waals surface area contributed by atoms with Crippen molar-refractivity contribution in [2.24, 2.45) is 0 Å². The summed E-state index contributed by atoms with van der Waals surface area (Å²) in [6.45, 7) is 1.31. The van der Waals surface area contributed by atoms with Gasteiger partial charge in [-0.25, -0.2) is 0 Å². The van der Waals surface area contributed by atoms with E-state index < -0.39 is 15.6 Å². The summed E-state index contributed by atoms with van der Waals surface area (Å²) in [7, 11) is -5.59. The molecule has 1 aromatic carbocycles. The van der Waals surface area contributed by atoms with E-state index in [1.807, 2.05) is 0 Å². The second-order valence-electron chi connectivity index (χ2n) is 3.84. The minimum atomic E-state index is -5.59. The third kappa shape index (κ3) is 3.52. The van der Waals surface area contributed by atoms with Crippen molar-refractivity contribution in [2.45, 2.75) is 18.5 Å². The zero-order valence-electron chi connectivity index (χ0n) is 9.53. The number of nitrogens with one attached hydrogen (secondary N) is 1. The van der Waals surface area contributed by atoms with Crippen LogP contribution in [0.3, 0.4) is 0 Å². The lowest BCUT2D eigenvalue weighted by Crippen LogP contribution is -2.28. The smallest absolute Gasteiger partial charge is 0.376 e. The maximum atomic E-state index is 12.1. The molecule has 0 fully saturated rings. The second kappa shape index (κ2) is 5.56. The first-order valence-corrected chi connectivity index (χ1v) is 6.54. The first-order chi connectivity index (χ1) is 8.29. The fraction of sp³-hybridized carbons (Fsp3) is 0.400. The number of fused-ring (bicyclic) bond motifs is 1. The predicted octanol–water partition coefficient (Wildman–Crippen LogP) is 1.98. The van der Waals surface area contributed by atoms with Crippen molar-refractivity contribution in [2.75, 3.05) is 6.54 Å². The summed E-state index contributed by atoms with van der Waals surface area (Å²) < 4.78 is 62.1. The average Bonchev–Trinajstić information content (AvgIpc) is 2.27. The summed E-state index contributed by atoms with van der Waals surface area (Å²) >= 11 is 0. The van der Waals surface area contributed by atoms with Crippen LogP contribution in [-0.2, 0) is 23.1 Å². The number of benzene rings is 1. The molecule has 1 heterocycles. The summed E-state index contributed by atoms with van der Waals surface area (Å²) in [6.07, 6.45) is 0.624. The second-order valence-corrected chi connectivity index (χ2v) is 5.38. The molecule has 0 aromatic heterocycles. The van der Waals surface area contributed by atoms with E-state index in [1.165, 1.54) is 12.1 Å². The zero-order valence-corrected chi connectivity index (χ0v) is 11.2. The third-order valence-corrected chi connectivity index (χ3v) is 3.53. The number of hydrogen-bond donors (Lipinski definition) is 1. The minimum absolute atomic E-state index is 0. The molecule has 1 aliphatic heterocycles. The van der Waals surface area contributed by atoms with Gasteiger partial charge in [-0.05, 0) is 36.2 Å². The van der Waals surface area contributed by atoms with Crippen molar-refractivity contribution < 1.29 is 25.8 Å². The average molecular weight is 318 g/mol. The van der Waals surface area contributed by atoms with Crippen LogP contribution in [0.25, 0.3) is 0 Å².